The molecule has 0 fully saturated rings. The summed E-state index contributed by atoms with van der Waals surface area (Å²) in [7, 11) is 2.71. The van der Waals surface area contributed by atoms with E-state index in [-0.39, 0.29) is 6.10 Å². The third kappa shape index (κ3) is 5.85. The smallest absolute Gasteiger partial charge is 0.227 e. The van der Waals surface area contributed by atoms with Gasteiger partial charge in [-0.1, -0.05) is 36.4 Å². The average molecular weight is 331 g/mol. The standard InChI is InChI=1S/C18H22BO3S/c1-21-18-13-15(9-12-17(18)22-23-19)8-11-16(20)10-7-14-5-3-2-4-6-14/h2-6,9,12-13,16,19-20H,7-8,10-11H2,1H3/i19T. The Labute approximate surface area is 144 Å². The highest BCUT2D eigenvalue weighted by Gasteiger charge is 2.09. The zero-order valence-corrected chi connectivity index (χ0v) is 14.1. The van der Waals surface area contributed by atoms with Crippen LogP contribution in [0.4, 0.5) is 0 Å². The normalized spacial score (nSPS) is 12.3. The van der Waals surface area contributed by atoms with Gasteiger partial charge in [0.1, 0.15) is 0 Å². The van der Waals surface area contributed by atoms with Crippen molar-refractivity contribution in [3.05, 3.63) is 59.7 Å². The summed E-state index contributed by atoms with van der Waals surface area (Å²) in [5.41, 5.74) is 2.35. The molecule has 23 heavy (non-hydrogen) atoms. The number of aliphatic hydroxyl groups is 1. The molecular weight excluding hydrogens is 307 g/mol. The molecule has 1 N–H and O–H groups in total. The summed E-state index contributed by atoms with van der Waals surface area (Å²) >= 11 is 0.941. The van der Waals surface area contributed by atoms with Crippen LogP contribution >= 0.6 is 11.9 Å². The summed E-state index contributed by atoms with van der Waals surface area (Å²) in [4.78, 5) is 0. The fraction of sp³-hybridized carbons (Fsp3) is 0.333. The predicted molar refractivity (Wildman–Crippen MR) is 97.5 cm³/mol. The van der Waals surface area contributed by atoms with E-state index in [1.165, 1.54) is 5.56 Å². The maximum atomic E-state index is 10.2. The van der Waals surface area contributed by atoms with Gasteiger partial charge in [-0.15, -0.1) is 0 Å². The van der Waals surface area contributed by atoms with Crippen molar-refractivity contribution in [2.24, 2.45) is 0 Å². The third-order valence-corrected chi connectivity index (χ3v) is 4.02. The Morgan fingerprint density at radius 1 is 1.09 bits per heavy atom. The van der Waals surface area contributed by atoms with Crippen LogP contribution in [0.2, 0.25) is 0 Å². The van der Waals surface area contributed by atoms with Gasteiger partial charge in [0.2, 0.25) is 7.09 Å². The van der Waals surface area contributed by atoms with Gasteiger partial charge in [0.15, 0.2) is 11.5 Å². The molecule has 0 aromatic heterocycles. The molecule has 2 aromatic rings. The fourth-order valence-corrected chi connectivity index (χ4v) is 2.69. The topological polar surface area (TPSA) is 38.7 Å². The van der Waals surface area contributed by atoms with Crippen LogP contribution in [-0.4, -0.2) is 26.7 Å². The molecule has 0 aliphatic rings. The fourth-order valence-electron chi connectivity index (χ4n) is 2.44. The van der Waals surface area contributed by atoms with E-state index in [1.807, 2.05) is 36.4 Å². The molecule has 0 aliphatic carbocycles. The lowest BCUT2D eigenvalue weighted by Crippen LogP contribution is -2.09. The monoisotopic (exact) mass is 331 g/mol. The highest BCUT2D eigenvalue weighted by Crippen LogP contribution is 2.30. The lowest BCUT2D eigenvalue weighted by atomic mass is 10.0. The van der Waals surface area contributed by atoms with Gasteiger partial charge in [-0.2, -0.15) is 0 Å². The van der Waals surface area contributed by atoms with Gasteiger partial charge in [-0.3, -0.25) is 0 Å². The molecule has 5 heteroatoms. The van der Waals surface area contributed by atoms with Crippen molar-refractivity contribution < 1.29 is 14.0 Å². The van der Waals surface area contributed by atoms with Crippen molar-refractivity contribution in [1.29, 1.82) is 1.34 Å². The molecule has 0 saturated carbocycles. The molecule has 0 bridgehead atoms. The maximum absolute atomic E-state index is 10.2. The largest absolute Gasteiger partial charge is 0.493 e. The molecule has 2 aromatic carbocycles. The zero-order valence-electron chi connectivity index (χ0n) is 14.3. The Morgan fingerprint density at radius 3 is 2.52 bits per heavy atom. The minimum atomic E-state index is -0.319. The Balaban J connectivity index is 1.82. The minimum absolute atomic E-state index is 0.319. The van der Waals surface area contributed by atoms with E-state index in [4.69, 9.17) is 10.3 Å². The zero-order chi connectivity index (χ0) is 17.2. The van der Waals surface area contributed by atoms with Gasteiger partial charge in [0.25, 0.3) is 0 Å². The molecule has 0 saturated heterocycles. The predicted octanol–water partition coefficient (Wildman–Crippen LogP) is 3.46. The molecular formula is C18H22BO3S. The van der Waals surface area contributed by atoms with Crippen molar-refractivity contribution in [3.8, 4) is 11.5 Å². The molecule has 0 spiro atoms. The average Bonchev–Trinajstić information content (AvgIpc) is 2.64. The number of aryl methyl sites for hydroxylation is 2. The van der Waals surface area contributed by atoms with Crippen LogP contribution in [-0.2, 0) is 12.8 Å². The van der Waals surface area contributed by atoms with Crippen LogP contribution in [0.15, 0.2) is 48.5 Å². The van der Waals surface area contributed by atoms with E-state index in [0.29, 0.717) is 17.9 Å². The van der Waals surface area contributed by atoms with Crippen LogP contribution in [0.25, 0.3) is 0 Å². The van der Waals surface area contributed by atoms with Crippen molar-refractivity contribution in [2.75, 3.05) is 7.11 Å². The summed E-state index contributed by atoms with van der Waals surface area (Å²) in [5, 5.41) is 10.2. The molecule has 121 valence electrons. The first-order valence-electron chi connectivity index (χ1n) is 8.23. The first kappa shape index (κ1) is 16.3. The van der Waals surface area contributed by atoms with Crippen molar-refractivity contribution >= 4 is 19.0 Å². The number of methoxy groups -OCH3 is 1. The number of ether oxygens (including phenoxy) is 1. The van der Waals surface area contributed by atoms with Crippen molar-refractivity contribution in [2.45, 2.75) is 31.8 Å². The van der Waals surface area contributed by atoms with E-state index in [1.54, 1.807) is 7.11 Å². The van der Waals surface area contributed by atoms with Gasteiger partial charge in [0, 0.05) is 0 Å². The van der Waals surface area contributed by atoms with Gasteiger partial charge in [0.05, 0.1) is 13.2 Å². The molecule has 3 nitrogen and oxygen atoms in total. The van der Waals surface area contributed by atoms with Crippen LogP contribution in [0.5, 0.6) is 11.5 Å². The SMILES string of the molecule is [3H][B]SOc1ccc(CCC(O)CCc2ccccc2)cc1OC. The van der Waals surface area contributed by atoms with Gasteiger partial charge < -0.3 is 14.0 Å². The van der Waals surface area contributed by atoms with Crippen LogP contribution in [0, 0.1) is 0 Å². The number of aliphatic hydroxyl groups excluding tert-OH is 1. The van der Waals surface area contributed by atoms with E-state index < -0.39 is 0 Å². The summed E-state index contributed by atoms with van der Waals surface area (Å²) in [6, 6.07) is 15.9. The lowest BCUT2D eigenvalue weighted by Gasteiger charge is -2.13. The molecule has 1 atom stereocenters. The van der Waals surface area contributed by atoms with Gasteiger partial charge in [-0.05, 0) is 62.2 Å². The minimum Gasteiger partial charge on any atom is -0.493 e. The Hall–Kier alpha value is -1.59. The highest BCUT2D eigenvalue weighted by molar-refractivity contribution is 8.16. The van der Waals surface area contributed by atoms with E-state index >= 15 is 0 Å². The van der Waals surface area contributed by atoms with Crippen molar-refractivity contribution in [1.82, 2.24) is 0 Å². The summed E-state index contributed by atoms with van der Waals surface area (Å²) in [5.74, 6) is 1.24. The second-order valence-corrected chi connectivity index (χ2v) is 5.74. The first-order valence-corrected chi connectivity index (χ1v) is 8.45. The van der Waals surface area contributed by atoms with E-state index in [2.05, 4.69) is 12.1 Å². The molecule has 1 unspecified atom stereocenters. The summed E-state index contributed by atoms with van der Waals surface area (Å²) in [6.45, 7) is 0. The number of hydrogen-bond donors (Lipinski definition) is 1. The summed E-state index contributed by atoms with van der Waals surface area (Å²) in [6.07, 6.45) is 2.83. The Bertz CT molecular complexity index is 612. The number of rotatable bonds is 10. The molecule has 0 aliphatic heterocycles. The molecule has 1 radical (unpaired) electrons. The second kappa shape index (κ2) is 9.53. The first-order chi connectivity index (χ1) is 11.7. The van der Waals surface area contributed by atoms with Crippen molar-refractivity contribution in [3.63, 3.8) is 0 Å². The highest BCUT2D eigenvalue weighted by atomic mass is 32.2. The maximum Gasteiger partial charge on any atom is 0.227 e. The number of hydrogen-bond acceptors (Lipinski definition) is 4. The second-order valence-electron chi connectivity index (χ2n) is 5.38. The van der Waals surface area contributed by atoms with Crippen LogP contribution in [0.3, 0.4) is 0 Å². The Morgan fingerprint density at radius 2 is 1.83 bits per heavy atom. The molecule has 0 heterocycles. The molecule has 2 rings (SSSR count). The third-order valence-electron chi connectivity index (χ3n) is 3.74. The lowest BCUT2D eigenvalue weighted by molar-refractivity contribution is 0.155. The van der Waals surface area contributed by atoms with E-state index in [9.17, 15) is 5.11 Å². The quantitative estimate of drug-likeness (QED) is 0.534. The van der Waals surface area contributed by atoms with Gasteiger partial charge in [-0.25, -0.2) is 0 Å². The number of benzene rings is 2. The van der Waals surface area contributed by atoms with Crippen LogP contribution in [0.1, 0.15) is 24.0 Å². The van der Waals surface area contributed by atoms with Crippen LogP contribution < -0.4 is 8.92 Å². The van der Waals surface area contributed by atoms with Gasteiger partial charge >= 0.3 is 0 Å². The molecule has 0 amide bonds. The Kier molecular flexibility index (Phi) is 6.75. The van der Waals surface area contributed by atoms with E-state index in [0.717, 1.165) is 43.8 Å². The summed E-state index contributed by atoms with van der Waals surface area (Å²) < 4.78 is 17.6.